The number of rotatable bonds is 5. The van der Waals surface area contributed by atoms with Gasteiger partial charge in [-0.15, -0.1) is 0 Å². The molecule has 0 saturated heterocycles. The summed E-state index contributed by atoms with van der Waals surface area (Å²) in [5, 5.41) is 14.1. The lowest BCUT2D eigenvalue weighted by molar-refractivity contribution is -0.0535. The van der Waals surface area contributed by atoms with Crippen molar-refractivity contribution in [3.8, 4) is 0 Å². The molecule has 160 valence electrons. The van der Waals surface area contributed by atoms with Crippen molar-refractivity contribution in [3.63, 3.8) is 0 Å². The highest BCUT2D eigenvalue weighted by Crippen LogP contribution is 2.66. The average molecular weight is 389 g/mol. The first-order chi connectivity index (χ1) is 13.3. The van der Waals surface area contributed by atoms with Crippen LogP contribution in [0.4, 0.5) is 0 Å². The van der Waals surface area contributed by atoms with Crippen LogP contribution < -0.4 is 5.32 Å². The molecule has 3 nitrogen and oxygen atoms in total. The molecule has 8 atom stereocenters. The number of aliphatic hydroxyl groups is 1. The highest BCUT2D eigenvalue weighted by molar-refractivity contribution is 5.25. The maximum absolute atomic E-state index is 10.2. The van der Waals surface area contributed by atoms with Gasteiger partial charge in [0.05, 0.1) is 6.10 Å². The zero-order valence-corrected chi connectivity index (χ0v) is 19.0. The Hall–Kier alpha value is -0.380. The lowest BCUT2D eigenvalue weighted by Crippen LogP contribution is -2.52. The van der Waals surface area contributed by atoms with Crippen molar-refractivity contribution in [3.05, 3.63) is 11.6 Å². The zero-order valence-electron chi connectivity index (χ0n) is 19.0. The largest absolute Gasteiger partial charge is 0.393 e. The first-order valence-electron chi connectivity index (χ1n) is 12.0. The number of nitrogens with zero attached hydrogens (tertiary/aromatic N) is 1. The van der Waals surface area contributed by atoms with Gasteiger partial charge < -0.3 is 15.3 Å². The van der Waals surface area contributed by atoms with E-state index >= 15 is 0 Å². The molecule has 2 N–H and O–H groups in total. The summed E-state index contributed by atoms with van der Waals surface area (Å²) in [7, 11) is 4.33. The van der Waals surface area contributed by atoms with E-state index in [4.69, 9.17) is 0 Å². The van der Waals surface area contributed by atoms with Crippen LogP contribution in [0.5, 0.6) is 0 Å². The Labute approximate surface area is 173 Å². The van der Waals surface area contributed by atoms with Crippen LogP contribution in [0.3, 0.4) is 0 Å². The van der Waals surface area contributed by atoms with E-state index in [1.807, 2.05) is 0 Å². The summed E-state index contributed by atoms with van der Waals surface area (Å²) >= 11 is 0. The first-order valence-corrected chi connectivity index (χ1v) is 12.0. The molecule has 0 aliphatic heterocycles. The molecule has 3 heteroatoms. The van der Waals surface area contributed by atoms with Crippen LogP contribution in [0.25, 0.3) is 0 Å². The van der Waals surface area contributed by atoms with E-state index in [1.165, 1.54) is 38.5 Å². The van der Waals surface area contributed by atoms with Crippen molar-refractivity contribution >= 4 is 0 Å². The van der Waals surface area contributed by atoms with Crippen molar-refractivity contribution in [2.75, 3.05) is 27.2 Å². The summed E-state index contributed by atoms with van der Waals surface area (Å²) in [5.74, 6) is 3.46. The highest BCUT2D eigenvalue weighted by Gasteiger charge is 2.59. The number of aliphatic hydroxyl groups excluding tert-OH is 1. The quantitative estimate of drug-likeness (QED) is 0.682. The summed E-state index contributed by atoms with van der Waals surface area (Å²) in [6.45, 7) is 9.86. The standard InChI is InChI=1S/C25H44N2O/c1-17(26-14-15-27(4)5)21-8-9-22-20-7-6-18-16-19(28)10-12-24(18,2)23(20)11-13-25(21,22)3/h6,17,19-23,26,28H,7-16H2,1-5H3. The lowest BCUT2D eigenvalue weighted by Gasteiger charge is -2.58. The van der Waals surface area contributed by atoms with Gasteiger partial charge >= 0.3 is 0 Å². The normalized spacial score (nSPS) is 46.5. The second kappa shape index (κ2) is 7.71. The van der Waals surface area contributed by atoms with Crippen LogP contribution in [0.15, 0.2) is 11.6 Å². The minimum absolute atomic E-state index is 0.0883. The fourth-order valence-corrected chi connectivity index (χ4v) is 8.16. The number of hydrogen-bond donors (Lipinski definition) is 2. The Morgan fingerprint density at radius 1 is 1.14 bits per heavy atom. The van der Waals surface area contributed by atoms with Gasteiger partial charge in [0.15, 0.2) is 0 Å². The van der Waals surface area contributed by atoms with Crippen molar-refractivity contribution in [1.82, 2.24) is 10.2 Å². The maximum atomic E-state index is 10.2. The molecule has 8 unspecified atom stereocenters. The van der Waals surface area contributed by atoms with Gasteiger partial charge in [-0.25, -0.2) is 0 Å². The fourth-order valence-electron chi connectivity index (χ4n) is 8.16. The van der Waals surface area contributed by atoms with Gasteiger partial charge in [-0.1, -0.05) is 25.5 Å². The van der Waals surface area contributed by atoms with E-state index in [0.29, 0.717) is 16.9 Å². The van der Waals surface area contributed by atoms with Gasteiger partial charge in [0.1, 0.15) is 0 Å². The molecule has 3 fully saturated rings. The molecule has 0 radical (unpaired) electrons. The zero-order chi connectivity index (χ0) is 20.1. The van der Waals surface area contributed by atoms with Crippen molar-refractivity contribution in [2.24, 2.45) is 34.5 Å². The minimum atomic E-state index is -0.0883. The highest BCUT2D eigenvalue weighted by atomic mass is 16.3. The summed E-state index contributed by atoms with van der Waals surface area (Å²) < 4.78 is 0. The van der Waals surface area contributed by atoms with Crippen LogP contribution in [0, 0.1) is 34.5 Å². The van der Waals surface area contributed by atoms with Gasteiger partial charge in [-0.05, 0) is 107 Å². The average Bonchev–Trinajstić information content (AvgIpc) is 2.99. The van der Waals surface area contributed by atoms with Crippen molar-refractivity contribution in [2.45, 2.75) is 84.3 Å². The molecule has 0 amide bonds. The predicted octanol–water partition coefficient (Wildman–Crippen LogP) is 4.47. The van der Waals surface area contributed by atoms with Gasteiger partial charge in [0, 0.05) is 19.1 Å². The summed E-state index contributed by atoms with van der Waals surface area (Å²) in [6.07, 6.45) is 12.6. The molecule has 0 heterocycles. The molecule has 0 aromatic carbocycles. The van der Waals surface area contributed by atoms with Crippen molar-refractivity contribution in [1.29, 1.82) is 0 Å². The topological polar surface area (TPSA) is 35.5 Å². The Morgan fingerprint density at radius 2 is 1.93 bits per heavy atom. The number of likely N-dealkylation sites (N-methyl/N-ethyl adjacent to an activating group) is 1. The Morgan fingerprint density at radius 3 is 2.68 bits per heavy atom. The maximum Gasteiger partial charge on any atom is 0.0577 e. The van der Waals surface area contributed by atoms with E-state index < -0.39 is 0 Å². The summed E-state index contributed by atoms with van der Waals surface area (Å²) in [4.78, 5) is 2.28. The van der Waals surface area contributed by atoms with Gasteiger partial charge in [-0.3, -0.25) is 0 Å². The van der Waals surface area contributed by atoms with E-state index in [1.54, 1.807) is 5.57 Å². The number of fused-ring (bicyclic) bond motifs is 5. The molecule has 3 saturated carbocycles. The minimum Gasteiger partial charge on any atom is -0.393 e. The molecule has 0 aromatic rings. The second-order valence-corrected chi connectivity index (χ2v) is 11.4. The fraction of sp³-hybridized carbons (Fsp3) is 0.920. The molecule has 4 aliphatic rings. The monoisotopic (exact) mass is 388 g/mol. The third kappa shape index (κ3) is 3.40. The molecule has 4 rings (SSSR count). The Balaban J connectivity index is 1.49. The molecule has 28 heavy (non-hydrogen) atoms. The van der Waals surface area contributed by atoms with Crippen LogP contribution in [-0.4, -0.2) is 49.3 Å². The van der Waals surface area contributed by atoms with E-state index in [9.17, 15) is 5.11 Å². The smallest absolute Gasteiger partial charge is 0.0577 e. The molecule has 4 aliphatic carbocycles. The van der Waals surface area contributed by atoms with E-state index in [2.05, 4.69) is 51.2 Å². The number of nitrogens with one attached hydrogen (secondary N) is 1. The Bertz CT molecular complexity index is 601. The van der Waals surface area contributed by atoms with Gasteiger partial charge in [0.25, 0.3) is 0 Å². The third-order valence-corrected chi connectivity index (χ3v) is 9.78. The van der Waals surface area contributed by atoms with Crippen LogP contribution in [0.1, 0.15) is 72.1 Å². The molecule has 0 bridgehead atoms. The SMILES string of the molecule is CC(NCCN(C)C)C1CCC2C3CC=C4CC(O)CCC4(C)C3CCC12C. The molecular weight excluding hydrogens is 344 g/mol. The van der Waals surface area contributed by atoms with Crippen LogP contribution >= 0.6 is 0 Å². The first kappa shape index (κ1) is 20.9. The Kier molecular flexibility index (Phi) is 5.74. The summed E-state index contributed by atoms with van der Waals surface area (Å²) in [6, 6.07) is 0.626. The number of allylic oxidation sites excluding steroid dienone is 1. The van der Waals surface area contributed by atoms with E-state index in [-0.39, 0.29) is 6.10 Å². The molecular formula is C25H44N2O. The van der Waals surface area contributed by atoms with Crippen LogP contribution in [-0.2, 0) is 0 Å². The van der Waals surface area contributed by atoms with Gasteiger partial charge in [-0.2, -0.15) is 0 Å². The second-order valence-electron chi connectivity index (χ2n) is 11.4. The number of hydrogen-bond acceptors (Lipinski definition) is 3. The van der Waals surface area contributed by atoms with E-state index in [0.717, 1.165) is 49.6 Å². The van der Waals surface area contributed by atoms with Crippen molar-refractivity contribution < 1.29 is 5.11 Å². The molecule has 0 spiro atoms. The van der Waals surface area contributed by atoms with Crippen LogP contribution in [0.2, 0.25) is 0 Å². The van der Waals surface area contributed by atoms with Gasteiger partial charge in [0.2, 0.25) is 0 Å². The lowest BCUT2D eigenvalue weighted by atomic mass is 9.47. The predicted molar refractivity (Wildman–Crippen MR) is 117 cm³/mol. The third-order valence-electron chi connectivity index (χ3n) is 9.78. The summed E-state index contributed by atoms with van der Waals surface area (Å²) in [5.41, 5.74) is 2.49. The molecule has 0 aromatic heterocycles.